The van der Waals surface area contributed by atoms with Gasteiger partial charge in [0.25, 0.3) is 0 Å². The second kappa shape index (κ2) is 6.05. The van der Waals surface area contributed by atoms with Crippen molar-refractivity contribution in [2.24, 2.45) is 0 Å². The highest BCUT2D eigenvalue weighted by molar-refractivity contribution is 5.91. The Hall–Kier alpha value is -3.03. The predicted octanol–water partition coefficient (Wildman–Crippen LogP) is 0.148. The van der Waals surface area contributed by atoms with E-state index in [0.717, 1.165) is 12.1 Å². The highest BCUT2D eigenvalue weighted by Crippen LogP contribution is 2.21. The average Bonchev–Trinajstić information content (AvgIpc) is 2.32. The molecule has 0 saturated carbocycles. The Kier molecular flexibility index (Phi) is 4.47. The van der Waals surface area contributed by atoms with Crippen LogP contribution < -0.4 is 11.4 Å². The normalized spacial score (nSPS) is 9.26. The summed E-state index contributed by atoms with van der Waals surface area (Å²) in [6.07, 6.45) is 1.45. The molecule has 0 unspecified atom stereocenters. The van der Waals surface area contributed by atoms with Crippen LogP contribution in [0.25, 0.3) is 0 Å². The number of hydrogen-bond donors (Lipinski definition) is 5. The Bertz CT molecular complexity index is 638. The van der Waals surface area contributed by atoms with Crippen molar-refractivity contribution in [3.63, 3.8) is 0 Å². The zero-order chi connectivity index (χ0) is 14.4. The van der Waals surface area contributed by atoms with Crippen molar-refractivity contribution in [2.45, 2.75) is 0 Å². The maximum Gasteiger partial charge on any atom is 0.346 e. The van der Waals surface area contributed by atoms with Gasteiger partial charge < -0.3 is 26.0 Å². The third-order valence-electron chi connectivity index (χ3n) is 1.90. The highest BCUT2D eigenvalue weighted by atomic mass is 16.4. The van der Waals surface area contributed by atoms with Crippen LogP contribution in [0.1, 0.15) is 10.4 Å². The lowest BCUT2D eigenvalue weighted by Gasteiger charge is -1.98. The highest BCUT2D eigenvalue weighted by Gasteiger charge is 2.08. The maximum absolute atomic E-state index is 10.3. The zero-order valence-corrected chi connectivity index (χ0v) is 9.57. The Morgan fingerprint density at radius 3 is 2.37 bits per heavy atom. The van der Waals surface area contributed by atoms with E-state index < -0.39 is 11.7 Å². The number of benzene rings is 1. The minimum absolute atomic E-state index is 0.180. The van der Waals surface area contributed by atoms with E-state index in [1.54, 1.807) is 0 Å². The number of phenolic OH excluding ortho intramolecular Hbond substituents is 1. The molecule has 0 fully saturated rings. The molecule has 8 heteroatoms. The van der Waals surface area contributed by atoms with E-state index in [9.17, 15) is 9.59 Å². The number of carboxylic acids is 1. The number of nitrogens with one attached hydrogen (secondary N) is 1. The van der Waals surface area contributed by atoms with Gasteiger partial charge in [0.2, 0.25) is 0 Å². The Morgan fingerprint density at radius 1 is 1.26 bits per heavy atom. The molecule has 0 amide bonds. The van der Waals surface area contributed by atoms with Crippen molar-refractivity contribution in [3.05, 3.63) is 46.5 Å². The van der Waals surface area contributed by atoms with Gasteiger partial charge in [0.15, 0.2) is 0 Å². The van der Waals surface area contributed by atoms with Crippen molar-refractivity contribution in [1.82, 2.24) is 9.97 Å². The van der Waals surface area contributed by atoms with Crippen molar-refractivity contribution in [1.29, 1.82) is 0 Å². The van der Waals surface area contributed by atoms with Gasteiger partial charge in [0.1, 0.15) is 22.9 Å². The first-order valence-electron chi connectivity index (χ1n) is 4.96. The van der Waals surface area contributed by atoms with Crippen LogP contribution in [0.15, 0.2) is 35.3 Å². The molecule has 0 aliphatic rings. The number of nitrogens with two attached hydrogens (primary N) is 1. The zero-order valence-electron chi connectivity index (χ0n) is 9.57. The smallest absolute Gasteiger partial charge is 0.346 e. The number of carboxylic acid groups (broad SMARTS) is 1. The third-order valence-corrected chi connectivity index (χ3v) is 1.90. The summed E-state index contributed by atoms with van der Waals surface area (Å²) in [4.78, 5) is 26.2. The van der Waals surface area contributed by atoms with E-state index in [2.05, 4.69) is 9.97 Å². The summed E-state index contributed by atoms with van der Waals surface area (Å²) in [7, 11) is 0. The van der Waals surface area contributed by atoms with Gasteiger partial charge in [-0.25, -0.2) is 9.59 Å². The fourth-order valence-electron chi connectivity index (χ4n) is 1.08. The van der Waals surface area contributed by atoms with E-state index in [1.165, 1.54) is 18.3 Å². The minimum Gasteiger partial charge on any atom is -0.508 e. The van der Waals surface area contributed by atoms with E-state index in [1.807, 2.05) is 0 Å². The van der Waals surface area contributed by atoms with Crippen LogP contribution in [0.2, 0.25) is 0 Å². The van der Waals surface area contributed by atoms with Crippen LogP contribution in [0.4, 0.5) is 5.82 Å². The van der Waals surface area contributed by atoms with E-state index in [-0.39, 0.29) is 22.9 Å². The summed E-state index contributed by atoms with van der Waals surface area (Å²) in [5, 5.41) is 26.1. The Balaban J connectivity index is 0.000000200. The molecule has 19 heavy (non-hydrogen) atoms. The number of nitrogens with zero attached hydrogens (tertiary/aromatic N) is 1. The number of rotatable bonds is 1. The Labute approximate surface area is 106 Å². The predicted molar refractivity (Wildman–Crippen MR) is 66.0 cm³/mol. The number of anilines is 1. The molecule has 0 atom stereocenters. The van der Waals surface area contributed by atoms with Crippen molar-refractivity contribution >= 4 is 11.8 Å². The SMILES string of the molecule is Nc1cc[nH]c(=O)n1.O=C(O)c1cc(O)ccc1O. The molecule has 1 aromatic carbocycles. The number of phenols is 2. The van der Waals surface area contributed by atoms with Crippen molar-refractivity contribution < 1.29 is 20.1 Å². The summed E-state index contributed by atoms with van der Waals surface area (Å²) in [6, 6.07) is 4.83. The monoisotopic (exact) mass is 265 g/mol. The van der Waals surface area contributed by atoms with Gasteiger partial charge in [-0.2, -0.15) is 4.98 Å². The average molecular weight is 265 g/mol. The first-order chi connectivity index (χ1) is 8.90. The van der Waals surface area contributed by atoms with Crippen LogP contribution in [0.5, 0.6) is 11.5 Å². The molecule has 6 N–H and O–H groups in total. The number of aromatic hydroxyl groups is 2. The minimum atomic E-state index is -1.27. The lowest BCUT2D eigenvalue weighted by molar-refractivity contribution is 0.0693. The first-order valence-corrected chi connectivity index (χ1v) is 4.96. The van der Waals surface area contributed by atoms with E-state index in [4.69, 9.17) is 21.1 Å². The molecule has 0 aliphatic heterocycles. The van der Waals surface area contributed by atoms with Gasteiger partial charge in [0, 0.05) is 6.20 Å². The fraction of sp³-hybridized carbons (Fsp3) is 0. The number of carbonyl (C=O) groups is 1. The molecule has 1 heterocycles. The number of aromatic amines is 1. The number of aromatic carboxylic acids is 1. The second-order valence-corrected chi connectivity index (χ2v) is 3.33. The molecule has 2 rings (SSSR count). The summed E-state index contributed by atoms with van der Waals surface area (Å²) in [5.41, 5.74) is 4.41. The summed E-state index contributed by atoms with van der Waals surface area (Å²) in [6.45, 7) is 0. The van der Waals surface area contributed by atoms with Crippen LogP contribution >= 0.6 is 0 Å². The van der Waals surface area contributed by atoms with Gasteiger partial charge in [-0.05, 0) is 24.3 Å². The molecule has 2 aromatic rings. The number of aromatic nitrogens is 2. The number of nitrogen functional groups attached to an aromatic ring is 1. The van der Waals surface area contributed by atoms with Gasteiger partial charge in [-0.3, -0.25) is 0 Å². The van der Waals surface area contributed by atoms with E-state index in [0.29, 0.717) is 0 Å². The molecule has 0 spiro atoms. The molecular weight excluding hydrogens is 254 g/mol. The van der Waals surface area contributed by atoms with Gasteiger partial charge in [0.05, 0.1) is 0 Å². The van der Waals surface area contributed by atoms with Crippen LogP contribution in [0, 0.1) is 0 Å². The van der Waals surface area contributed by atoms with Gasteiger partial charge in [-0.15, -0.1) is 0 Å². The first kappa shape index (κ1) is 14.0. The molecule has 1 aromatic heterocycles. The van der Waals surface area contributed by atoms with Crippen LogP contribution in [-0.2, 0) is 0 Å². The third kappa shape index (κ3) is 4.38. The fourth-order valence-corrected chi connectivity index (χ4v) is 1.08. The van der Waals surface area contributed by atoms with E-state index >= 15 is 0 Å². The molecule has 100 valence electrons. The molecule has 8 nitrogen and oxygen atoms in total. The summed E-state index contributed by atoms with van der Waals surface area (Å²) >= 11 is 0. The standard InChI is InChI=1S/C7H6O4.C4H5N3O/c8-4-1-2-6(9)5(3-4)7(10)11;5-3-1-2-6-4(8)7-3/h1-3,8-9H,(H,10,11);1-2H,(H3,5,6,7,8). The molecule has 0 saturated heterocycles. The molecular formula is C11H11N3O5. The van der Waals surface area contributed by atoms with Gasteiger partial charge in [-0.1, -0.05) is 0 Å². The maximum atomic E-state index is 10.3. The molecule has 0 bridgehead atoms. The molecule has 0 aliphatic carbocycles. The lowest BCUT2D eigenvalue weighted by atomic mass is 10.2. The summed E-state index contributed by atoms with van der Waals surface area (Å²) < 4.78 is 0. The molecule has 0 radical (unpaired) electrons. The van der Waals surface area contributed by atoms with Crippen LogP contribution in [0.3, 0.4) is 0 Å². The van der Waals surface area contributed by atoms with Crippen molar-refractivity contribution in [2.75, 3.05) is 5.73 Å². The van der Waals surface area contributed by atoms with Gasteiger partial charge >= 0.3 is 11.7 Å². The largest absolute Gasteiger partial charge is 0.508 e. The van der Waals surface area contributed by atoms with Crippen LogP contribution in [-0.4, -0.2) is 31.3 Å². The summed E-state index contributed by atoms with van der Waals surface area (Å²) in [5.74, 6) is -1.55. The number of H-pyrrole nitrogens is 1. The quantitative estimate of drug-likeness (QED) is 0.460. The van der Waals surface area contributed by atoms with Crippen molar-refractivity contribution in [3.8, 4) is 11.5 Å². The second-order valence-electron chi connectivity index (χ2n) is 3.33. The number of hydrogen-bond acceptors (Lipinski definition) is 6. The topological polar surface area (TPSA) is 150 Å². The Morgan fingerprint density at radius 2 is 1.95 bits per heavy atom. The lowest BCUT2D eigenvalue weighted by Crippen LogP contribution is -2.10.